The van der Waals surface area contributed by atoms with E-state index in [0.29, 0.717) is 19.6 Å². The first-order chi connectivity index (χ1) is 17.1. The van der Waals surface area contributed by atoms with Crippen molar-refractivity contribution < 1.29 is 26.9 Å². The molecule has 1 aliphatic rings. The quantitative estimate of drug-likeness (QED) is 0.372. The van der Waals surface area contributed by atoms with Gasteiger partial charge >= 0.3 is 0 Å². The third-order valence-electron chi connectivity index (χ3n) is 6.39. The van der Waals surface area contributed by atoms with E-state index in [9.17, 15) is 27.1 Å². The molecule has 0 aromatic heterocycles. The zero-order valence-electron chi connectivity index (χ0n) is 19.8. The molecule has 1 aliphatic heterocycles. The highest BCUT2D eigenvalue weighted by atomic mass is 32.2. The maximum atomic E-state index is 13.2. The van der Waals surface area contributed by atoms with Crippen molar-refractivity contribution in [2.45, 2.75) is 37.4 Å². The van der Waals surface area contributed by atoms with Crippen molar-refractivity contribution in [1.29, 1.82) is 0 Å². The van der Waals surface area contributed by atoms with E-state index in [-0.39, 0.29) is 52.6 Å². The van der Waals surface area contributed by atoms with Crippen LogP contribution in [0, 0.1) is 10.7 Å². The number of carbonyl (C=O) groups is 1. The number of carbonyl (C=O) groups excluding carboxylic acids is 1. The number of fused-ring (bicyclic) bond motifs is 1. The summed E-state index contributed by atoms with van der Waals surface area (Å²) < 4.78 is 52.1. The second-order valence-electron chi connectivity index (χ2n) is 8.92. The Labute approximate surface area is 208 Å². The fourth-order valence-electron chi connectivity index (χ4n) is 4.54. The molecule has 3 aromatic rings. The van der Waals surface area contributed by atoms with Crippen LogP contribution in [0.15, 0.2) is 64.7 Å². The summed E-state index contributed by atoms with van der Waals surface area (Å²) >= 11 is 0. The summed E-state index contributed by atoms with van der Waals surface area (Å²) in [6, 6.07) is 13.4. The Hall–Kier alpha value is -3.41. The Morgan fingerprint density at radius 1 is 1.08 bits per heavy atom. The summed E-state index contributed by atoms with van der Waals surface area (Å²) in [5.41, 5.74) is 0.646. The lowest BCUT2D eigenvalue weighted by Gasteiger charge is -2.44. The van der Waals surface area contributed by atoms with E-state index in [1.807, 2.05) is 13.8 Å². The van der Waals surface area contributed by atoms with Gasteiger partial charge in [0.25, 0.3) is 16.0 Å². The van der Waals surface area contributed by atoms with E-state index in [2.05, 4.69) is 10.1 Å². The number of rotatable bonds is 7. The van der Waals surface area contributed by atoms with Gasteiger partial charge in [0.1, 0.15) is 10.7 Å². The van der Waals surface area contributed by atoms with Crippen molar-refractivity contribution in [2.75, 3.05) is 19.7 Å². The van der Waals surface area contributed by atoms with Gasteiger partial charge < -0.3 is 9.64 Å². The van der Waals surface area contributed by atoms with Gasteiger partial charge in [0.15, 0.2) is 18.0 Å². The average Bonchev–Trinajstić information content (AvgIpc) is 2.84. The van der Waals surface area contributed by atoms with E-state index in [4.69, 9.17) is 4.74 Å². The van der Waals surface area contributed by atoms with Crippen LogP contribution in [0.25, 0.3) is 10.8 Å². The van der Waals surface area contributed by atoms with Gasteiger partial charge in [-0.3, -0.25) is 14.2 Å². The summed E-state index contributed by atoms with van der Waals surface area (Å²) in [7, 11) is -4.62. The van der Waals surface area contributed by atoms with Gasteiger partial charge in [-0.2, -0.15) is 8.42 Å². The number of nitroso groups, excluding NO2 is 1. The van der Waals surface area contributed by atoms with E-state index >= 15 is 0 Å². The standard InChI is InChI=1S/C25H26FN3O6S/c1-16-13-29(17(2)12-28(16)14-18-7-9-19(26)10-8-18)24(30)15-35-25-21-6-4-3-5-20(21)23(36(32,33)34)11-22(25)27-31/h3-11,16-17H,12-15H2,1-2H3,(H,32,33,34)/t16-,17+/m1/s1. The molecule has 9 nitrogen and oxygen atoms in total. The number of amides is 1. The lowest BCUT2D eigenvalue weighted by molar-refractivity contribution is -0.139. The Kier molecular flexibility index (Phi) is 7.34. The molecule has 3 aromatic carbocycles. The van der Waals surface area contributed by atoms with Crippen molar-refractivity contribution in [3.63, 3.8) is 0 Å². The maximum absolute atomic E-state index is 13.2. The molecular formula is C25H26FN3O6S. The Morgan fingerprint density at radius 3 is 2.39 bits per heavy atom. The van der Waals surface area contributed by atoms with Gasteiger partial charge in [-0.1, -0.05) is 36.4 Å². The first kappa shape index (κ1) is 25.7. The Bertz CT molecular complexity index is 1400. The molecule has 2 atom stereocenters. The zero-order chi connectivity index (χ0) is 26.0. The summed E-state index contributed by atoms with van der Waals surface area (Å²) in [5, 5.41) is 3.24. The van der Waals surface area contributed by atoms with Gasteiger partial charge in [-0.05, 0) is 42.8 Å². The number of piperazine rings is 1. The molecule has 190 valence electrons. The van der Waals surface area contributed by atoms with Crippen LogP contribution in [0.2, 0.25) is 0 Å². The number of ether oxygens (including phenoxy) is 1. The molecule has 1 saturated heterocycles. The number of benzene rings is 3. The van der Waals surface area contributed by atoms with Gasteiger partial charge in [0.2, 0.25) is 0 Å². The first-order valence-corrected chi connectivity index (χ1v) is 12.8. The third-order valence-corrected chi connectivity index (χ3v) is 7.28. The lowest BCUT2D eigenvalue weighted by Crippen LogP contribution is -2.58. The van der Waals surface area contributed by atoms with E-state index < -0.39 is 15.0 Å². The smallest absolute Gasteiger partial charge is 0.295 e. The molecular weight excluding hydrogens is 489 g/mol. The molecule has 1 amide bonds. The fraction of sp³-hybridized carbons (Fsp3) is 0.320. The molecule has 4 rings (SSSR count). The van der Waals surface area contributed by atoms with E-state index in [1.165, 1.54) is 24.3 Å². The molecule has 11 heteroatoms. The van der Waals surface area contributed by atoms with Gasteiger partial charge in [0.05, 0.1) is 0 Å². The predicted molar refractivity (Wildman–Crippen MR) is 132 cm³/mol. The highest BCUT2D eigenvalue weighted by molar-refractivity contribution is 7.86. The van der Waals surface area contributed by atoms with E-state index in [1.54, 1.807) is 29.2 Å². The maximum Gasteiger partial charge on any atom is 0.295 e. The highest BCUT2D eigenvalue weighted by Gasteiger charge is 2.32. The molecule has 0 radical (unpaired) electrons. The van der Waals surface area contributed by atoms with Gasteiger partial charge in [0, 0.05) is 42.5 Å². The summed E-state index contributed by atoms with van der Waals surface area (Å²) in [6.45, 7) is 5.24. The topological polar surface area (TPSA) is 117 Å². The van der Waals surface area contributed by atoms with Gasteiger partial charge in [-0.15, -0.1) is 4.91 Å². The lowest BCUT2D eigenvalue weighted by atomic mass is 10.1. The van der Waals surface area contributed by atoms with Crippen LogP contribution < -0.4 is 4.74 Å². The average molecular weight is 516 g/mol. The van der Waals surface area contributed by atoms with E-state index in [0.717, 1.165) is 11.6 Å². The van der Waals surface area contributed by atoms with Crippen LogP contribution in [0.5, 0.6) is 5.75 Å². The Morgan fingerprint density at radius 2 is 1.75 bits per heavy atom. The molecule has 0 unspecified atom stereocenters. The van der Waals surface area contributed by atoms with Crippen LogP contribution in [-0.2, 0) is 21.5 Å². The molecule has 36 heavy (non-hydrogen) atoms. The van der Waals surface area contributed by atoms with Crippen molar-refractivity contribution in [2.24, 2.45) is 5.18 Å². The Balaban J connectivity index is 1.49. The SMILES string of the molecule is C[C@@H]1CN(C(=O)COc2c(N=O)cc(S(=O)(=O)O)c3ccccc23)[C@@H](C)CN1Cc1ccc(F)cc1. The largest absolute Gasteiger partial charge is 0.481 e. The monoisotopic (exact) mass is 515 g/mol. The minimum Gasteiger partial charge on any atom is -0.481 e. The van der Waals surface area contributed by atoms with Crippen molar-refractivity contribution >= 4 is 32.5 Å². The number of nitrogens with zero attached hydrogens (tertiary/aromatic N) is 3. The van der Waals surface area contributed by atoms with Crippen LogP contribution in [-0.4, -0.2) is 60.5 Å². The molecule has 0 spiro atoms. The first-order valence-electron chi connectivity index (χ1n) is 11.4. The molecule has 1 N–H and O–H groups in total. The van der Waals surface area contributed by atoms with Crippen LogP contribution >= 0.6 is 0 Å². The number of hydrogen-bond donors (Lipinski definition) is 1. The molecule has 1 heterocycles. The van der Waals surface area contributed by atoms with Crippen molar-refractivity contribution in [3.05, 3.63) is 70.9 Å². The minimum absolute atomic E-state index is 0.0306. The van der Waals surface area contributed by atoms with Crippen molar-refractivity contribution in [3.8, 4) is 5.75 Å². The summed E-state index contributed by atoms with van der Waals surface area (Å²) in [6.07, 6.45) is 0. The molecule has 0 bridgehead atoms. The highest BCUT2D eigenvalue weighted by Crippen LogP contribution is 2.40. The van der Waals surface area contributed by atoms with Crippen LogP contribution in [0.4, 0.5) is 10.1 Å². The van der Waals surface area contributed by atoms with Gasteiger partial charge in [-0.25, -0.2) is 4.39 Å². The van der Waals surface area contributed by atoms with Crippen molar-refractivity contribution in [1.82, 2.24) is 9.80 Å². The number of hydrogen-bond acceptors (Lipinski definition) is 7. The van der Waals surface area contributed by atoms with Crippen LogP contribution in [0.1, 0.15) is 19.4 Å². The predicted octanol–water partition coefficient (Wildman–Crippen LogP) is 4.12. The second kappa shape index (κ2) is 10.3. The van der Waals surface area contributed by atoms with Crippen LogP contribution in [0.3, 0.4) is 0 Å². The fourth-order valence-corrected chi connectivity index (χ4v) is 5.26. The molecule has 0 saturated carbocycles. The zero-order valence-corrected chi connectivity index (χ0v) is 20.6. The normalized spacial score (nSPS) is 18.8. The second-order valence-corrected chi connectivity index (χ2v) is 10.3. The number of halogens is 1. The minimum atomic E-state index is -4.62. The molecule has 1 fully saturated rings. The third kappa shape index (κ3) is 5.38. The molecule has 0 aliphatic carbocycles. The summed E-state index contributed by atoms with van der Waals surface area (Å²) in [5.74, 6) is -0.614. The summed E-state index contributed by atoms with van der Waals surface area (Å²) in [4.78, 5) is 28.0.